The number of methoxy groups -OCH3 is 2. The van der Waals surface area contributed by atoms with Crippen LogP contribution in [0.1, 0.15) is 37.4 Å². The summed E-state index contributed by atoms with van der Waals surface area (Å²) in [5, 5.41) is 10.1. The first-order valence-corrected chi connectivity index (χ1v) is 14.0. The molecule has 0 amide bonds. The van der Waals surface area contributed by atoms with Crippen molar-refractivity contribution in [1.82, 2.24) is 0 Å². The van der Waals surface area contributed by atoms with E-state index in [-0.39, 0.29) is 35.9 Å². The number of rotatable bonds is 12. The number of benzene rings is 4. The number of carbonyl (C=O) groups excluding carboxylic acids is 1. The molecule has 0 saturated heterocycles. The Morgan fingerprint density at radius 1 is 0.780 bits per heavy atom. The number of hydrogen-bond donors (Lipinski definition) is 1. The van der Waals surface area contributed by atoms with Crippen LogP contribution in [0.5, 0.6) is 5.75 Å². The van der Waals surface area contributed by atoms with Gasteiger partial charge in [0.1, 0.15) is 5.75 Å². The van der Waals surface area contributed by atoms with Gasteiger partial charge in [0.2, 0.25) is 0 Å². The van der Waals surface area contributed by atoms with Crippen LogP contribution < -0.4 is 9.04 Å². The molecule has 0 aliphatic heterocycles. The van der Waals surface area contributed by atoms with E-state index in [2.05, 4.69) is 0 Å². The van der Waals surface area contributed by atoms with E-state index in [4.69, 9.17) is 14.2 Å². The van der Waals surface area contributed by atoms with Crippen LogP contribution in [0.2, 0.25) is 0 Å². The topological polar surface area (TPSA) is 119 Å². The molecule has 4 aromatic rings. The van der Waals surface area contributed by atoms with Crippen LogP contribution in [0.3, 0.4) is 0 Å². The second-order valence-electron chi connectivity index (χ2n) is 8.97. The molecule has 0 aliphatic rings. The lowest BCUT2D eigenvalue weighted by Crippen LogP contribution is -2.33. The lowest BCUT2D eigenvalue weighted by molar-refractivity contribution is 0.0599. The van der Waals surface area contributed by atoms with E-state index >= 15 is 0 Å². The fourth-order valence-electron chi connectivity index (χ4n) is 4.22. The summed E-state index contributed by atoms with van der Waals surface area (Å²) in [7, 11) is -1.45. The van der Waals surface area contributed by atoms with Crippen molar-refractivity contribution in [2.45, 2.75) is 24.7 Å². The van der Waals surface area contributed by atoms with Crippen LogP contribution in [0, 0.1) is 0 Å². The number of para-hydroxylation sites is 1. The summed E-state index contributed by atoms with van der Waals surface area (Å²) in [6.45, 7) is -0.0395. The molecule has 0 aromatic heterocycles. The summed E-state index contributed by atoms with van der Waals surface area (Å²) < 4.78 is 45.1. The third-order valence-corrected chi connectivity index (χ3v) is 8.08. The molecular formula is C31H29NO8S. The van der Waals surface area contributed by atoms with Gasteiger partial charge in [-0.25, -0.2) is 18.0 Å². The summed E-state index contributed by atoms with van der Waals surface area (Å²) in [5.74, 6) is -1.24. The zero-order valence-electron chi connectivity index (χ0n) is 22.5. The van der Waals surface area contributed by atoms with Gasteiger partial charge >= 0.3 is 11.9 Å². The minimum absolute atomic E-state index is 0.0145. The zero-order valence-corrected chi connectivity index (χ0v) is 23.3. The number of sulfonamides is 1. The Morgan fingerprint density at radius 3 is 2.07 bits per heavy atom. The second kappa shape index (κ2) is 13.1. The van der Waals surface area contributed by atoms with E-state index in [0.29, 0.717) is 22.4 Å². The molecule has 0 heterocycles. The number of carboxylic acid groups (broad SMARTS) is 1. The quantitative estimate of drug-likeness (QED) is 0.226. The molecule has 0 aliphatic carbocycles. The molecular weight excluding hydrogens is 546 g/mol. The average molecular weight is 576 g/mol. The van der Waals surface area contributed by atoms with Crippen LogP contribution in [0.15, 0.2) is 102 Å². The number of nitrogens with zero attached hydrogens (tertiary/aromatic N) is 1. The number of carbonyl (C=O) groups is 2. The molecule has 1 N–H and O–H groups in total. The van der Waals surface area contributed by atoms with E-state index in [9.17, 15) is 23.1 Å². The molecule has 9 nitrogen and oxygen atoms in total. The molecule has 4 rings (SSSR count). The molecule has 0 unspecified atom stereocenters. The average Bonchev–Trinajstić information content (AvgIpc) is 3.00. The monoisotopic (exact) mass is 575 g/mol. The van der Waals surface area contributed by atoms with Crippen molar-refractivity contribution in [1.29, 1.82) is 0 Å². The minimum atomic E-state index is -4.23. The predicted octanol–water partition coefficient (Wildman–Crippen LogP) is 5.29. The summed E-state index contributed by atoms with van der Waals surface area (Å²) in [6.07, 6.45) is 0. The SMILES string of the molecule is COC(=O)c1ccc(COCc2cccc(C(=O)O)c2N(Cc2ccccc2)S(=O)(=O)c2ccc(OC)cc2)cc1. The van der Waals surface area contributed by atoms with Crippen molar-refractivity contribution in [3.05, 3.63) is 125 Å². The number of anilines is 1. The second-order valence-corrected chi connectivity index (χ2v) is 10.8. The van der Waals surface area contributed by atoms with Gasteiger partial charge in [0.25, 0.3) is 10.0 Å². The van der Waals surface area contributed by atoms with Gasteiger partial charge < -0.3 is 19.3 Å². The molecule has 0 bridgehead atoms. The van der Waals surface area contributed by atoms with Crippen molar-refractivity contribution in [2.24, 2.45) is 0 Å². The molecule has 0 saturated carbocycles. The van der Waals surface area contributed by atoms with Crippen molar-refractivity contribution in [3.8, 4) is 5.75 Å². The highest BCUT2D eigenvalue weighted by atomic mass is 32.2. The van der Waals surface area contributed by atoms with Crippen LogP contribution in [0.25, 0.3) is 0 Å². The number of ether oxygens (including phenoxy) is 3. The van der Waals surface area contributed by atoms with Gasteiger partial charge in [-0.15, -0.1) is 0 Å². The number of aromatic carboxylic acids is 1. The largest absolute Gasteiger partial charge is 0.497 e. The fraction of sp³-hybridized carbons (Fsp3) is 0.161. The van der Waals surface area contributed by atoms with E-state index in [1.54, 1.807) is 60.7 Å². The van der Waals surface area contributed by atoms with Crippen molar-refractivity contribution < 1.29 is 37.3 Å². The predicted molar refractivity (Wildman–Crippen MR) is 152 cm³/mol. The fourth-order valence-corrected chi connectivity index (χ4v) is 5.73. The Labute approximate surface area is 238 Å². The maximum atomic E-state index is 14.1. The highest BCUT2D eigenvalue weighted by Crippen LogP contribution is 2.34. The third kappa shape index (κ3) is 6.92. The van der Waals surface area contributed by atoms with Gasteiger partial charge in [-0.3, -0.25) is 4.31 Å². The van der Waals surface area contributed by atoms with Gasteiger partial charge in [-0.1, -0.05) is 54.6 Å². The highest BCUT2D eigenvalue weighted by molar-refractivity contribution is 7.92. The maximum Gasteiger partial charge on any atom is 0.337 e. The summed E-state index contributed by atoms with van der Waals surface area (Å²) >= 11 is 0. The summed E-state index contributed by atoms with van der Waals surface area (Å²) in [4.78, 5) is 24.0. The maximum absolute atomic E-state index is 14.1. The van der Waals surface area contributed by atoms with Gasteiger partial charge in [0.05, 0.1) is 55.7 Å². The molecule has 0 spiro atoms. The Balaban J connectivity index is 1.72. The minimum Gasteiger partial charge on any atom is -0.497 e. The zero-order chi connectivity index (χ0) is 29.4. The van der Waals surface area contributed by atoms with Crippen LogP contribution in [-0.4, -0.2) is 39.7 Å². The number of carboxylic acids is 1. The molecule has 212 valence electrons. The van der Waals surface area contributed by atoms with Gasteiger partial charge in [-0.2, -0.15) is 0 Å². The van der Waals surface area contributed by atoms with Gasteiger partial charge in [0, 0.05) is 5.56 Å². The standard InChI is InChI=1S/C31H29NO8S/c1-38-26-15-17-27(18-16-26)41(36,37)32(19-22-7-4-3-5-8-22)29-25(9-6-10-28(29)30(33)34)21-40-20-23-11-13-24(14-12-23)31(35)39-2/h3-18H,19-21H2,1-2H3,(H,33,34). The van der Waals surface area contributed by atoms with E-state index in [0.717, 1.165) is 9.87 Å². The highest BCUT2D eigenvalue weighted by Gasteiger charge is 2.31. The lowest BCUT2D eigenvalue weighted by Gasteiger charge is -2.28. The van der Waals surface area contributed by atoms with Crippen molar-refractivity contribution in [2.75, 3.05) is 18.5 Å². The first-order chi connectivity index (χ1) is 19.7. The first-order valence-electron chi connectivity index (χ1n) is 12.6. The van der Waals surface area contributed by atoms with Crippen molar-refractivity contribution in [3.63, 3.8) is 0 Å². The molecule has 0 atom stereocenters. The van der Waals surface area contributed by atoms with Crippen LogP contribution >= 0.6 is 0 Å². The van der Waals surface area contributed by atoms with Crippen LogP contribution in [0.4, 0.5) is 5.69 Å². The Bertz CT molecular complexity index is 1600. The number of hydrogen-bond acceptors (Lipinski definition) is 7. The molecule has 0 fully saturated rings. The van der Waals surface area contributed by atoms with E-state index in [1.807, 2.05) is 6.07 Å². The number of esters is 1. The summed E-state index contributed by atoms with van der Waals surface area (Å²) in [5.41, 5.74) is 2.04. The van der Waals surface area contributed by atoms with Gasteiger partial charge in [-0.05, 0) is 53.6 Å². The molecule has 0 radical (unpaired) electrons. The van der Waals surface area contributed by atoms with E-state index in [1.165, 1.54) is 44.6 Å². The Hall–Kier alpha value is -4.67. The third-order valence-electron chi connectivity index (χ3n) is 6.32. The smallest absolute Gasteiger partial charge is 0.337 e. The van der Waals surface area contributed by atoms with E-state index < -0.39 is 22.0 Å². The molecule has 4 aromatic carbocycles. The Morgan fingerprint density at radius 2 is 1.46 bits per heavy atom. The first kappa shape index (κ1) is 29.3. The normalized spacial score (nSPS) is 11.1. The van der Waals surface area contributed by atoms with Crippen molar-refractivity contribution >= 4 is 27.6 Å². The molecule has 10 heteroatoms. The molecule has 41 heavy (non-hydrogen) atoms. The van der Waals surface area contributed by atoms with Crippen LogP contribution in [-0.2, 0) is 39.3 Å². The summed E-state index contributed by atoms with van der Waals surface area (Å²) in [6, 6.07) is 26.1. The van der Waals surface area contributed by atoms with Gasteiger partial charge in [0.15, 0.2) is 0 Å². The lowest BCUT2D eigenvalue weighted by atomic mass is 10.1. The Kier molecular flexibility index (Phi) is 9.38.